The summed E-state index contributed by atoms with van der Waals surface area (Å²) in [7, 11) is -5.80. The zero-order valence-corrected chi connectivity index (χ0v) is 23.0. The quantitative estimate of drug-likeness (QED) is 0.249. The maximum absolute atomic E-state index is 13.6. The van der Waals surface area contributed by atoms with Crippen LogP contribution in [0, 0.1) is 28.4 Å². The van der Waals surface area contributed by atoms with Crippen molar-refractivity contribution in [3.63, 3.8) is 0 Å². The largest absolute Gasteiger partial charge is 0.385 e. The zero-order valence-electron chi connectivity index (χ0n) is 21.3. The van der Waals surface area contributed by atoms with E-state index in [2.05, 4.69) is 13.8 Å². The van der Waals surface area contributed by atoms with E-state index in [9.17, 15) is 26.9 Å². The molecule has 3 fully saturated rings. The van der Waals surface area contributed by atoms with Crippen molar-refractivity contribution >= 4 is 31.4 Å². The Kier molecular flexibility index (Phi) is 7.43. The first kappa shape index (κ1) is 27.2. The molecule has 0 amide bonds. The predicted octanol–water partition coefficient (Wildman–Crippen LogP) is 2.20. The molecule has 0 bridgehead atoms. The molecule has 0 radical (unpaired) electrons. The van der Waals surface area contributed by atoms with Gasteiger partial charge in [-0.2, -0.15) is 8.61 Å². The van der Waals surface area contributed by atoms with Crippen LogP contribution < -0.4 is 4.90 Å². The highest BCUT2D eigenvalue weighted by molar-refractivity contribution is 7.89. The molecule has 1 aromatic carbocycles. The van der Waals surface area contributed by atoms with Crippen molar-refractivity contribution in [2.24, 2.45) is 11.3 Å². The molecule has 202 valence electrons. The summed E-state index contributed by atoms with van der Waals surface area (Å²) in [5, 5.41) is 12.1. The molecule has 1 unspecified atom stereocenters. The summed E-state index contributed by atoms with van der Waals surface area (Å²) in [5.41, 5.74) is 0.0783. The van der Waals surface area contributed by atoms with Crippen molar-refractivity contribution in [3.8, 4) is 0 Å². The second-order valence-electron chi connectivity index (χ2n) is 10.7. The third-order valence-corrected chi connectivity index (χ3v) is 11.5. The van der Waals surface area contributed by atoms with Crippen LogP contribution in [0.5, 0.6) is 0 Å². The Bertz CT molecular complexity index is 1220. The average molecular weight is 545 g/mol. The van der Waals surface area contributed by atoms with Gasteiger partial charge in [-0.3, -0.25) is 10.1 Å². The molecule has 2 saturated heterocycles. The molecule has 0 aromatic heterocycles. The fourth-order valence-corrected chi connectivity index (χ4v) is 9.37. The first-order valence-electron chi connectivity index (χ1n) is 12.3. The molecule has 36 heavy (non-hydrogen) atoms. The van der Waals surface area contributed by atoms with Gasteiger partial charge in [-0.05, 0) is 49.7 Å². The van der Waals surface area contributed by atoms with E-state index in [1.54, 1.807) is 4.90 Å². The number of anilines is 1. The summed E-state index contributed by atoms with van der Waals surface area (Å²) in [4.78, 5) is 13.3. The number of methoxy groups -OCH3 is 1. The first-order valence-corrected chi connectivity index (χ1v) is 15.4. The lowest BCUT2D eigenvalue weighted by atomic mass is 9.75. The maximum Gasteiger partial charge on any atom is 0.296 e. The number of benzene rings is 1. The minimum absolute atomic E-state index is 0.0121. The molecule has 1 aromatic rings. The molecule has 0 spiro atoms. The second-order valence-corrected chi connectivity index (χ2v) is 14.6. The lowest BCUT2D eigenvalue weighted by molar-refractivity contribution is -0.384. The maximum atomic E-state index is 13.6. The van der Waals surface area contributed by atoms with Gasteiger partial charge in [0, 0.05) is 58.0 Å². The Morgan fingerprint density at radius 3 is 2.28 bits per heavy atom. The van der Waals surface area contributed by atoms with Crippen LogP contribution in [0.25, 0.3) is 0 Å². The fourth-order valence-electron chi connectivity index (χ4n) is 5.67. The Morgan fingerprint density at radius 1 is 1.11 bits per heavy atom. The number of nitro benzene ring substituents is 1. The Labute approximate surface area is 213 Å². The van der Waals surface area contributed by atoms with Gasteiger partial charge in [-0.15, -0.1) is 0 Å². The van der Waals surface area contributed by atoms with Crippen LogP contribution in [0.2, 0.25) is 0 Å². The predicted molar refractivity (Wildman–Crippen MR) is 136 cm³/mol. The zero-order chi connectivity index (χ0) is 26.5. The van der Waals surface area contributed by atoms with Gasteiger partial charge in [0.05, 0.1) is 15.6 Å². The van der Waals surface area contributed by atoms with Gasteiger partial charge in [0.15, 0.2) is 0 Å². The molecule has 11 nitrogen and oxygen atoms in total. The van der Waals surface area contributed by atoms with E-state index in [1.165, 1.54) is 34.8 Å². The summed E-state index contributed by atoms with van der Waals surface area (Å²) in [5.74, 6) is 0.335. The molecule has 1 saturated carbocycles. The summed E-state index contributed by atoms with van der Waals surface area (Å²) in [6.45, 7) is 7.34. The van der Waals surface area contributed by atoms with Gasteiger partial charge < -0.3 is 9.64 Å². The van der Waals surface area contributed by atoms with E-state index < -0.39 is 25.0 Å². The normalized spacial score (nSPS) is 23.4. The molecule has 13 heteroatoms. The third kappa shape index (κ3) is 5.00. The van der Waals surface area contributed by atoms with Crippen molar-refractivity contribution in [3.05, 3.63) is 27.8 Å². The molecule has 2 heterocycles. The van der Waals surface area contributed by atoms with E-state index >= 15 is 0 Å². The number of hydrogen-bond donors (Lipinski definition) is 0. The smallest absolute Gasteiger partial charge is 0.296 e. The summed E-state index contributed by atoms with van der Waals surface area (Å²) in [6, 6.07) is 2.88. The number of rotatable bonds is 10. The van der Waals surface area contributed by atoms with E-state index in [4.69, 9.17) is 4.74 Å². The highest BCUT2D eigenvalue weighted by Crippen LogP contribution is 2.52. The van der Waals surface area contributed by atoms with Gasteiger partial charge in [0.25, 0.3) is 5.69 Å². The van der Waals surface area contributed by atoms with Crippen LogP contribution in [-0.2, 0) is 24.8 Å². The van der Waals surface area contributed by atoms with E-state index in [1.807, 2.05) is 0 Å². The molecule has 3 aliphatic rings. The minimum atomic E-state index is -3.89. The number of piperazine rings is 1. The monoisotopic (exact) mass is 544 g/mol. The van der Waals surface area contributed by atoms with Crippen molar-refractivity contribution < 1.29 is 26.5 Å². The van der Waals surface area contributed by atoms with Gasteiger partial charge in [0.2, 0.25) is 20.0 Å². The van der Waals surface area contributed by atoms with Crippen LogP contribution in [0.4, 0.5) is 11.4 Å². The highest BCUT2D eigenvalue weighted by Gasteiger charge is 2.57. The molecule has 2 aliphatic heterocycles. The Balaban J connectivity index is 1.56. The molecular formula is C23H36N4O7S2. The molecule has 4 rings (SSSR count). The number of sulfonamides is 2. The lowest BCUT2D eigenvalue weighted by Crippen LogP contribution is -2.64. The highest BCUT2D eigenvalue weighted by atomic mass is 32.2. The first-order chi connectivity index (χ1) is 16.8. The van der Waals surface area contributed by atoms with Crippen LogP contribution in [0.15, 0.2) is 17.0 Å². The van der Waals surface area contributed by atoms with Crippen LogP contribution in [0.1, 0.15) is 38.7 Å². The van der Waals surface area contributed by atoms with E-state index in [0.29, 0.717) is 31.2 Å². The van der Waals surface area contributed by atoms with Crippen LogP contribution in [0.3, 0.4) is 0 Å². The molecule has 0 N–H and O–H groups in total. The van der Waals surface area contributed by atoms with Crippen molar-refractivity contribution in [1.82, 2.24) is 8.61 Å². The fraction of sp³-hybridized carbons (Fsp3) is 0.739. The topological polar surface area (TPSA) is 130 Å². The van der Waals surface area contributed by atoms with Crippen molar-refractivity contribution in [1.29, 1.82) is 0 Å². The second kappa shape index (κ2) is 9.82. The average Bonchev–Trinajstić information content (AvgIpc) is 3.61. The minimum Gasteiger partial charge on any atom is -0.385 e. The lowest BCUT2D eigenvalue weighted by Gasteiger charge is -2.53. The van der Waals surface area contributed by atoms with Crippen molar-refractivity contribution in [2.75, 3.05) is 57.1 Å². The van der Waals surface area contributed by atoms with E-state index in [0.717, 1.165) is 12.8 Å². The molecule has 1 aliphatic carbocycles. The standard InChI is InChI=1S/C23H36N4O7S2/c1-17-20(36(32,33)26-16-23(2,3)22(26)18-6-7-18)9-8-19(21(17)27(28)29)24-10-12-25(13-11-24)35(30,31)15-5-14-34-4/h8-9,18,22H,5-7,10-16H2,1-4H3. The summed E-state index contributed by atoms with van der Waals surface area (Å²) >= 11 is 0. The number of hydrogen-bond acceptors (Lipinski definition) is 8. The van der Waals surface area contributed by atoms with Crippen LogP contribution >= 0.6 is 0 Å². The SMILES string of the molecule is COCCCS(=O)(=O)N1CCN(c2ccc(S(=O)(=O)N3CC(C)(C)C3C3CC3)c(C)c2[N+](=O)[O-])CC1. The molecule has 1 atom stereocenters. The van der Waals surface area contributed by atoms with Crippen molar-refractivity contribution in [2.45, 2.75) is 51.0 Å². The number of nitro groups is 1. The Hall–Kier alpha value is -1.80. The number of nitrogens with zero attached hydrogens (tertiary/aromatic N) is 4. The van der Waals surface area contributed by atoms with Gasteiger partial charge in [-0.25, -0.2) is 16.8 Å². The van der Waals surface area contributed by atoms with Gasteiger partial charge >= 0.3 is 0 Å². The summed E-state index contributed by atoms with van der Waals surface area (Å²) in [6.07, 6.45) is 2.41. The summed E-state index contributed by atoms with van der Waals surface area (Å²) < 4.78 is 60.2. The van der Waals surface area contributed by atoms with E-state index in [-0.39, 0.29) is 59.5 Å². The third-order valence-electron chi connectivity index (χ3n) is 7.60. The molecular weight excluding hydrogens is 508 g/mol. The number of ether oxygens (including phenoxy) is 1. The van der Waals surface area contributed by atoms with Crippen LogP contribution in [-0.4, -0.2) is 88.6 Å². The van der Waals surface area contributed by atoms with Gasteiger partial charge in [-0.1, -0.05) is 13.8 Å². The van der Waals surface area contributed by atoms with Gasteiger partial charge in [0.1, 0.15) is 5.69 Å². The Morgan fingerprint density at radius 2 is 1.75 bits per heavy atom.